The van der Waals surface area contributed by atoms with E-state index in [0.717, 1.165) is 15.2 Å². The first-order valence-electron chi connectivity index (χ1n) is 10.3. The van der Waals surface area contributed by atoms with Gasteiger partial charge in [0.15, 0.2) is 6.61 Å². The van der Waals surface area contributed by atoms with Crippen molar-refractivity contribution in [2.24, 2.45) is 5.92 Å². The molecule has 1 aliphatic heterocycles. The topological polar surface area (TPSA) is 122 Å². The van der Waals surface area contributed by atoms with Gasteiger partial charge in [0.1, 0.15) is 10.7 Å². The monoisotopic (exact) mass is 497 g/mol. The smallest absolute Gasteiger partial charge is 0.321 e. The number of urea groups is 1. The van der Waals surface area contributed by atoms with Gasteiger partial charge in [0.05, 0.1) is 5.92 Å². The van der Waals surface area contributed by atoms with Crippen molar-refractivity contribution >= 4 is 39.3 Å². The number of carbonyl (C=O) groups is 3. The Hall–Kier alpha value is -2.83. The lowest BCUT2D eigenvalue weighted by Gasteiger charge is -2.30. The van der Waals surface area contributed by atoms with Crippen LogP contribution in [0.1, 0.15) is 17.7 Å². The number of thiophene rings is 1. The lowest BCUT2D eigenvalue weighted by atomic mass is 9.98. The largest absolute Gasteiger partial charge is 0.455 e. The van der Waals surface area contributed by atoms with Crippen LogP contribution in [0.4, 0.5) is 9.18 Å². The molecule has 12 heteroatoms. The van der Waals surface area contributed by atoms with Gasteiger partial charge in [-0.15, -0.1) is 11.3 Å². The number of benzene rings is 1. The van der Waals surface area contributed by atoms with Gasteiger partial charge in [0.2, 0.25) is 10.0 Å². The molecule has 0 radical (unpaired) electrons. The maximum atomic E-state index is 13.9. The molecule has 2 aromatic rings. The number of rotatable bonds is 8. The number of hydrogen-bond donors (Lipinski definition) is 2. The zero-order chi connectivity index (χ0) is 23.8. The molecule has 3 rings (SSSR count). The second-order valence-corrected chi connectivity index (χ2v) is 10.3. The summed E-state index contributed by atoms with van der Waals surface area (Å²) in [4.78, 5) is 36.5. The maximum absolute atomic E-state index is 13.9. The van der Waals surface area contributed by atoms with E-state index in [1.165, 1.54) is 18.2 Å². The molecule has 0 saturated carbocycles. The Labute approximate surface area is 195 Å². The first-order chi connectivity index (χ1) is 15.8. The summed E-state index contributed by atoms with van der Waals surface area (Å²) in [5.41, 5.74) is 0. The summed E-state index contributed by atoms with van der Waals surface area (Å²) in [6.45, 7) is -0.219. The van der Waals surface area contributed by atoms with Crippen molar-refractivity contribution in [3.63, 3.8) is 0 Å². The SMILES string of the molecule is O=C(COC(=O)C1CCN(S(=O)(=O)c2ccccc2F)CC1)NC(=O)NCCc1cccs1. The zero-order valence-electron chi connectivity index (χ0n) is 17.7. The number of nitrogens with zero attached hydrogens (tertiary/aromatic N) is 1. The van der Waals surface area contributed by atoms with Gasteiger partial charge >= 0.3 is 12.0 Å². The number of halogens is 1. The van der Waals surface area contributed by atoms with Gasteiger partial charge in [0.25, 0.3) is 5.91 Å². The summed E-state index contributed by atoms with van der Waals surface area (Å²) in [7, 11) is -4.00. The van der Waals surface area contributed by atoms with Gasteiger partial charge in [-0.2, -0.15) is 4.31 Å². The number of sulfonamides is 1. The highest BCUT2D eigenvalue weighted by atomic mass is 32.2. The second kappa shape index (κ2) is 11.3. The van der Waals surface area contributed by atoms with Gasteiger partial charge < -0.3 is 10.1 Å². The summed E-state index contributed by atoms with van der Waals surface area (Å²) in [6.07, 6.45) is 0.994. The van der Waals surface area contributed by atoms with E-state index in [-0.39, 0.29) is 25.9 Å². The summed E-state index contributed by atoms with van der Waals surface area (Å²) >= 11 is 1.56. The Morgan fingerprint density at radius 3 is 2.52 bits per heavy atom. The van der Waals surface area contributed by atoms with Crippen molar-refractivity contribution in [2.75, 3.05) is 26.2 Å². The highest BCUT2D eigenvalue weighted by molar-refractivity contribution is 7.89. The molecule has 3 amide bonds. The number of ether oxygens (including phenoxy) is 1. The second-order valence-electron chi connectivity index (χ2n) is 7.35. The van der Waals surface area contributed by atoms with Gasteiger partial charge in [-0.05, 0) is 42.8 Å². The van der Waals surface area contributed by atoms with Gasteiger partial charge in [-0.1, -0.05) is 18.2 Å². The third-order valence-corrected chi connectivity index (χ3v) is 7.95. The summed E-state index contributed by atoms with van der Waals surface area (Å²) in [5, 5.41) is 6.56. The fourth-order valence-electron chi connectivity index (χ4n) is 3.34. The summed E-state index contributed by atoms with van der Waals surface area (Å²) < 4.78 is 45.2. The van der Waals surface area contributed by atoms with Crippen LogP contribution in [0.5, 0.6) is 0 Å². The lowest BCUT2D eigenvalue weighted by Crippen LogP contribution is -2.43. The molecule has 1 fully saturated rings. The molecule has 33 heavy (non-hydrogen) atoms. The molecule has 0 spiro atoms. The number of carbonyl (C=O) groups excluding carboxylic acids is 3. The number of piperidine rings is 1. The van der Waals surface area contributed by atoms with E-state index in [2.05, 4.69) is 10.6 Å². The van der Waals surface area contributed by atoms with E-state index >= 15 is 0 Å². The minimum atomic E-state index is -4.00. The molecule has 2 heterocycles. The fourth-order valence-corrected chi connectivity index (χ4v) is 5.58. The van der Waals surface area contributed by atoms with E-state index in [9.17, 15) is 27.2 Å². The quantitative estimate of drug-likeness (QED) is 0.538. The molecule has 0 unspecified atom stereocenters. The molecular formula is C21H24FN3O6S2. The third kappa shape index (κ3) is 6.83. The maximum Gasteiger partial charge on any atom is 0.321 e. The van der Waals surface area contributed by atoms with E-state index in [1.807, 2.05) is 17.5 Å². The third-order valence-electron chi connectivity index (χ3n) is 5.08. The predicted octanol–water partition coefficient (Wildman–Crippen LogP) is 1.90. The van der Waals surface area contributed by atoms with Crippen LogP contribution in [0, 0.1) is 11.7 Å². The van der Waals surface area contributed by atoms with Crippen molar-refractivity contribution in [2.45, 2.75) is 24.2 Å². The van der Waals surface area contributed by atoms with Crippen LogP contribution in [0.25, 0.3) is 0 Å². The molecule has 0 bridgehead atoms. The molecule has 1 saturated heterocycles. The van der Waals surface area contributed by atoms with Crippen LogP contribution in [-0.2, 0) is 30.8 Å². The molecule has 9 nitrogen and oxygen atoms in total. The van der Waals surface area contributed by atoms with E-state index in [1.54, 1.807) is 11.3 Å². The number of amides is 3. The van der Waals surface area contributed by atoms with E-state index < -0.39 is 51.2 Å². The standard InChI is InChI=1S/C21H24FN3O6S2/c22-17-5-1-2-6-18(17)33(29,30)25-11-8-15(9-12-25)20(27)31-14-19(26)24-21(28)23-10-7-16-4-3-13-32-16/h1-6,13,15H,7-12,14H2,(H2,23,24,26,28). The van der Waals surface area contributed by atoms with Gasteiger partial charge in [-0.3, -0.25) is 14.9 Å². The van der Waals surface area contributed by atoms with E-state index in [4.69, 9.17) is 4.74 Å². The van der Waals surface area contributed by atoms with Crippen LogP contribution >= 0.6 is 11.3 Å². The first-order valence-corrected chi connectivity index (χ1v) is 12.6. The first kappa shape index (κ1) is 24.8. The van der Waals surface area contributed by atoms with Crippen LogP contribution in [0.15, 0.2) is 46.7 Å². The number of hydrogen-bond acceptors (Lipinski definition) is 7. The summed E-state index contributed by atoms with van der Waals surface area (Å²) in [5.74, 6) is -2.84. The molecule has 1 aromatic carbocycles. The van der Waals surface area contributed by atoms with E-state index in [0.29, 0.717) is 13.0 Å². The van der Waals surface area contributed by atoms with Crippen molar-refractivity contribution < 1.29 is 31.9 Å². The number of imide groups is 1. The van der Waals surface area contributed by atoms with Gasteiger partial charge in [0, 0.05) is 24.5 Å². The predicted molar refractivity (Wildman–Crippen MR) is 118 cm³/mol. The lowest BCUT2D eigenvalue weighted by molar-refractivity contribution is -0.153. The average molecular weight is 498 g/mol. The molecule has 178 valence electrons. The highest BCUT2D eigenvalue weighted by Crippen LogP contribution is 2.25. The van der Waals surface area contributed by atoms with Crippen LogP contribution in [0.3, 0.4) is 0 Å². The Kier molecular flexibility index (Phi) is 8.53. The average Bonchev–Trinajstić information content (AvgIpc) is 3.31. The van der Waals surface area contributed by atoms with Crippen molar-refractivity contribution in [1.29, 1.82) is 0 Å². The Bertz CT molecular complexity index is 1080. The Morgan fingerprint density at radius 2 is 1.85 bits per heavy atom. The minimum Gasteiger partial charge on any atom is -0.455 e. The fraction of sp³-hybridized carbons (Fsp3) is 0.381. The molecule has 0 aliphatic carbocycles. The number of nitrogens with one attached hydrogen (secondary N) is 2. The number of esters is 1. The van der Waals surface area contributed by atoms with Crippen LogP contribution in [0.2, 0.25) is 0 Å². The normalized spacial score (nSPS) is 15.1. The van der Waals surface area contributed by atoms with Crippen molar-refractivity contribution in [3.05, 3.63) is 52.5 Å². The van der Waals surface area contributed by atoms with Crippen LogP contribution in [-0.4, -0.2) is 56.9 Å². The minimum absolute atomic E-state index is 0.0231. The van der Waals surface area contributed by atoms with Crippen molar-refractivity contribution in [3.8, 4) is 0 Å². The zero-order valence-corrected chi connectivity index (χ0v) is 19.3. The van der Waals surface area contributed by atoms with Gasteiger partial charge in [-0.25, -0.2) is 17.6 Å². The Balaban J connectivity index is 1.38. The molecule has 2 N–H and O–H groups in total. The van der Waals surface area contributed by atoms with Crippen molar-refractivity contribution in [1.82, 2.24) is 14.9 Å². The molecule has 1 aromatic heterocycles. The Morgan fingerprint density at radius 1 is 1.12 bits per heavy atom. The van der Waals surface area contributed by atoms with Crippen LogP contribution < -0.4 is 10.6 Å². The molecule has 0 atom stereocenters. The highest BCUT2D eigenvalue weighted by Gasteiger charge is 2.34. The molecule has 1 aliphatic rings. The summed E-state index contributed by atoms with van der Waals surface area (Å²) in [6, 6.07) is 8.28. The molecular weight excluding hydrogens is 473 g/mol.